The molecule has 0 aliphatic carbocycles. The number of hydrogen-bond acceptors (Lipinski definition) is 3. The van der Waals surface area contributed by atoms with Gasteiger partial charge in [-0.05, 0) is 29.8 Å². The van der Waals surface area contributed by atoms with Gasteiger partial charge in [0.15, 0.2) is 0 Å². The van der Waals surface area contributed by atoms with Crippen LogP contribution >= 0.6 is 27.5 Å². The fourth-order valence-electron chi connectivity index (χ4n) is 2.02. The fraction of sp³-hybridized carbons (Fsp3) is 0. The van der Waals surface area contributed by atoms with Crippen molar-refractivity contribution in [3.8, 4) is 11.3 Å². The van der Waals surface area contributed by atoms with Crippen LogP contribution in [0.25, 0.3) is 11.3 Å². The van der Waals surface area contributed by atoms with Crippen LogP contribution in [-0.4, -0.2) is 22.3 Å². The molecule has 0 bridgehead atoms. The monoisotopic (exact) mass is 402 g/mol. The van der Waals surface area contributed by atoms with Gasteiger partial charge in [-0.25, -0.2) is 5.43 Å². The minimum Gasteiger partial charge on any atom is -0.272 e. The molecular formula is C17H12BrClN4O. The highest BCUT2D eigenvalue weighted by Gasteiger charge is 2.12. The summed E-state index contributed by atoms with van der Waals surface area (Å²) in [5.74, 6) is -0.380. The second-order valence-electron chi connectivity index (χ2n) is 4.90. The third-order valence-corrected chi connectivity index (χ3v) is 4.08. The predicted molar refractivity (Wildman–Crippen MR) is 98.2 cm³/mol. The average molecular weight is 404 g/mol. The lowest BCUT2D eigenvalue weighted by atomic mass is 10.1. The molecule has 0 saturated heterocycles. The maximum absolute atomic E-state index is 12.1. The number of nitrogens with zero attached hydrogens (tertiary/aromatic N) is 2. The number of hydrogen-bond donors (Lipinski definition) is 2. The normalized spacial score (nSPS) is 10.9. The molecule has 0 unspecified atom stereocenters. The lowest BCUT2D eigenvalue weighted by molar-refractivity contribution is 0.0950. The van der Waals surface area contributed by atoms with Gasteiger partial charge in [0.05, 0.1) is 16.9 Å². The van der Waals surface area contributed by atoms with Crippen molar-refractivity contribution in [1.29, 1.82) is 0 Å². The number of hydrazone groups is 1. The van der Waals surface area contributed by atoms with E-state index in [1.165, 1.54) is 0 Å². The van der Waals surface area contributed by atoms with Crippen LogP contribution in [0.4, 0.5) is 0 Å². The second kappa shape index (κ2) is 7.42. The number of rotatable bonds is 4. The predicted octanol–water partition coefficient (Wildman–Crippen LogP) is 4.26. The third-order valence-electron chi connectivity index (χ3n) is 3.22. The van der Waals surface area contributed by atoms with Crippen molar-refractivity contribution in [2.24, 2.45) is 5.10 Å². The number of carbonyl (C=O) groups is 1. The van der Waals surface area contributed by atoms with Crippen molar-refractivity contribution in [1.82, 2.24) is 15.6 Å². The maximum atomic E-state index is 12.1. The Labute approximate surface area is 151 Å². The first-order chi connectivity index (χ1) is 11.6. The van der Waals surface area contributed by atoms with Crippen molar-refractivity contribution in [2.75, 3.05) is 0 Å². The summed E-state index contributed by atoms with van der Waals surface area (Å²) in [5.41, 5.74) is 4.99. The van der Waals surface area contributed by atoms with Crippen LogP contribution < -0.4 is 5.43 Å². The molecular weight excluding hydrogens is 392 g/mol. The van der Waals surface area contributed by atoms with Gasteiger partial charge in [-0.2, -0.15) is 10.2 Å². The van der Waals surface area contributed by atoms with E-state index in [0.717, 1.165) is 15.6 Å². The topological polar surface area (TPSA) is 70.1 Å². The van der Waals surface area contributed by atoms with E-state index < -0.39 is 0 Å². The largest absolute Gasteiger partial charge is 0.289 e. The molecule has 2 N–H and O–H groups in total. The zero-order chi connectivity index (χ0) is 16.9. The molecule has 0 spiro atoms. The van der Waals surface area contributed by atoms with E-state index in [0.29, 0.717) is 16.4 Å². The second-order valence-corrected chi connectivity index (χ2v) is 6.22. The molecule has 0 aliphatic rings. The first kappa shape index (κ1) is 16.4. The van der Waals surface area contributed by atoms with Gasteiger partial charge >= 0.3 is 0 Å². The molecule has 1 amide bonds. The van der Waals surface area contributed by atoms with E-state index in [1.54, 1.807) is 18.3 Å². The van der Waals surface area contributed by atoms with E-state index in [-0.39, 0.29) is 5.91 Å². The summed E-state index contributed by atoms with van der Waals surface area (Å²) in [5, 5.41) is 11.3. The van der Waals surface area contributed by atoms with Gasteiger partial charge in [0.25, 0.3) is 5.91 Å². The molecule has 3 rings (SSSR count). The number of aromatic amines is 1. The van der Waals surface area contributed by atoms with Crippen molar-refractivity contribution >= 4 is 39.7 Å². The van der Waals surface area contributed by atoms with Crippen molar-refractivity contribution in [3.05, 3.63) is 75.4 Å². The summed E-state index contributed by atoms with van der Waals surface area (Å²) in [7, 11) is 0. The minimum absolute atomic E-state index is 0.304. The summed E-state index contributed by atoms with van der Waals surface area (Å²) >= 11 is 9.49. The van der Waals surface area contributed by atoms with Crippen molar-refractivity contribution in [2.45, 2.75) is 0 Å². The first-order valence-corrected chi connectivity index (χ1v) is 8.20. The number of halogens is 2. The molecule has 1 heterocycles. The molecule has 0 aliphatic heterocycles. The molecule has 24 heavy (non-hydrogen) atoms. The molecule has 0 atom stereocenters. The average Bonchev–Trinajstić information content (AvgIpc) is 3.07. The minimum atomic E-state index is -0.380. The van der Waals surface area contributed by atoms with Gasteiger partial charge in [0.1, 0.15) is 5.69 Å². The molecule has 0 fully saturated rings. The Morgan fingerprint density at radius 2 is 1.96 bits per heavy atom. The Morgan fingerprint density at radius 1 is 1.21 bits per heavy atom. The smallest absolute Gasteiger partial charge is 0.272 e. The number of aromatic nitrogens is 2. The number of amides is 1. The number of H-pyrrole nitrogens is 1. The van der Waals surface area contributed by atoms with Crippen LogP contribution in [0.1, 0.15) is 16.1 Å². The van der Waals surface area contributed by atoms with Gasteiger partial charge in [0, 0.05) is 10.0 Å². The van der Waals surface area contributed by atoms with Gasteiger partial charge in [-0.15, -0.1) is 0 Å². The highest BCUT2D eigenvalue weighted by atomic mass is 79.9. The molecule has 1 aromatic heterocycles. The Hall–Kier alpha value is -2.44. The number of carbonyl (C=O) groups excluding carboxylic acids is 1. The SMILES string of the molecule is O=C(NN=Cc1ccc(Br)cc1)c1cc(-c2ccccc2Cl)n[nH]1. The first-order valence-electron chi connectivity index (χ1n) is 7.03. The summed E-state index contributed by atoms with van der Waals surface area (Å²) in [6.45, 7) is 0. The van der Waals surface area contributed by atoms with Crippen molar-refractivity contribution < 1.29 is 4.79 Å². The van der Waals surface area contributed by atoms with Crippen LogP contribution in [0.2, 0.25) is 5.02 Å². The van der Waals surface area contributed by atoms with Crippen LogP contribution in [0.15, 0.2) is 64.2 Å². The van der Waals surface area contributed by atoms with Crippen LogP contribution in [0, 0.1) is 0 Å². The Bertz CT molecular complexity index is 890. The molecule has 3 aromatic rings. The summed E-state index contributed by atoms with van der Waals surface area (Å²) in [6.07, 6.45) is 1.57. The van der Waals surface area contributed by atoms with E-state index in [4.69, 9.17) is 11.6 Å². The number of nitrogens with one attached hydrogen (secondary N) is 2. The van der Waals surface area contributed by atoms with Crippen LogP contribution in [0.5, 0.6) is 0 Å². The van der Waals surface area contributed by atoms with Gasteiger partial charge < -0.3 is 0 Å². The summed E-state index contributed by atoms with van der Waals surface area (Å²) in [4.78, 5) is 12.1. The van der Waals surface area contributed by atoms with Crippen molar-refractivity contribution in [3.63, 3.8) is 0 Å². The quantitative estimate of drug-likeness (QED) is 0.505. The van der Waals surface area contributed by atoms with Gasteiger partial charge in [0.2, 0.25) is 0 Å². The molecule has 0 radical (unpaired) electrons. The van der Waals surface area contributed by atoms with Crippen LogP contribution in [0.3, 0.4) is 0 Å². The molecule has 2 aromatic carbocycles. The van der Waals surface area contributed by atoms with E-state index in [9.17, 15) is 4.79 Å². The Kier molecular flexibility index (Phi) is 5.08. The number of benzene rings is 2. The van der Waals surface area contributed by atoms with Crippen LogP contribution in [-0.2, 0) is 0 Å². The summed E-state index contributed by atoms with van der Waals surface area (Å²) in [6, 6.07) is 16.5. The molecule has 7 heteroatoms. The highest BCUT2D eigenvalue weighted by molar-refractivity contribution is 9.10. The highest BCUT2D eigenvalue weighted by Crippen LogP contribution is 2.26. The fourth-order valence-corrected chi connectivity index (χ4v) is 2.52. The van der Waals surface area contributed by atoms with Gasteiger partial charge in [-0.3, -0.25) is 9.89 Å². The summed E-state index contributed by atoms with van der Waals surface area (Å²) < 4.78 is 0.980. The van der Waals surface area contributed by atoms with E-state index in [1.807, 2.05) is 42.5 Å². The molecule has 0 saturated carbocycles. The van der Waals surface area contributed by atoms with E-state index >= 15 is 0 Å². The molecule has 5 nitrogen and oxygen atoms in total. The molecule has 120 valence electrons. The maximum Gasteiger partial charge on any atom is 0.289 e. The Morgan fingerprint density at radius 3 is 2.71 bits per heavy atom. The van der Waals surface area contributed by atoms with E-state index in [2.05, 4.69) is 36.7 Å². The lowest BCUT2D eigenvalue weighted by Gasteiger charge is -1.98. The Balaban J connectivity index is 1.68. The lowest BCUT2D eigenvalue weighted by Crippen LogP contribution is -2.17. The van der Waals surface area contributed by atoms with Gasteiger partial charge in [-0.1, -0.05) is 57.9 Å². The zero-order valence-corrected chi connectivity index (χ0v) is 14.7. The zero-order valence-electron chi connectivity index (χ0n) is 12.3. The standard InChI is InChI=1S/C17H12BrClN4O/c18-12-7-5-11(6-8-12)10-20-23-17(24)16-9-15(21-22-16)13-3-1-2-4-14(13)19/h1-10H,(H,21,22)(H,23,24). The third kappa shape index (κ3) is 3.90.